The predicted octanol–water partition coefficient (Wildman–Crippen LogP) is 2.72. The van der Waals surface area contributed by atoms with Gasteiger partial charge in [0.15, 0.2) is 0 Å². The number of benzene rings is 1. The topological polar surface area (TPSA) is 43.1 Å². The third-order valence-corrected chi connectivity index (χ3v) is 3.48. The number of para-hydroxylation sites is 1. The van der Waals surface area contributed by atoms with Crippen molar-refractivity contribution in [1.29, 1.82) is 0 Å². The molecule has 6 heteroatoms. The van der Waals surface area contributed by atoms with Gasteiger partial charge in [-0.05, 0) is 18.6 Å². The van der Waals surface area contributed by atoms with E-state index in [0.717, 1.165) is 0 Å². The third-order valence-electron chi connectivity index (χ3n) is 1.95. The number of alkyl halides is 3. The molecule has 2 nitrogen and oxygen atoms in total. The highest BCUT2D eigenvalue weighted by atomic mass is 32.2. The van der Waals surface area contributed by atoms with Gasteiger partial charge in [-0.3, -0.25) is 4.21 Å². The molecule has 1 unspecified atom stereocenters. The van der Waals surface area contributed by atoms with Gasteiger partial charge in [0, 0.05) is 17.9 Å². The van der Waals surface area contributed by atoms with E-state index in [4.69, 9.17) is 5.73 Å². The van der Waals surface area contributed by atoms with Crippen molar-refractivity contribution in [2.75, 3.05) is 11.5 Å². The SMILES string of the molecule is Nc1ccccc1S(=O)CCCC(F)(F)F. The van der Waals surface area contributed by atoms with E-state index in [-0.39, 0.29) is 12.2 Å². The van der Waals surface area contributed by atoms with Crippen LogP contribution in [0.4, 0.5) is 18.9 Å². The monoisotopic (exact) mass is 251 g/mol. The van der Waals surface area contributed by atoms with E-state index in [1.807, 2.05) is 0 Å². The van der Waals surface area contributed by atoms with Gasteiger partial charge in [0.25, 0.3) is 0 Å². The first-order chi connectivity index (χ1) is 7.40. The number of anilines is 1. The summed E-state index contributed by atoms with van der Waals surface area (Å²) < 4.78 is 47.2. The van der Waals surface area contributed by atoms with Crippen molar-refractivity contribution < 1.29 is 17.4 Å². The van der Waals surface area contributed by atoms with E-state index in [1.165, 1.54) is 0 Å². The molecule has 0 aromatic heterocycles. The summed E-state index contributed by atoms with van der Waals surface area (Å²) in [5, 5.41) is 0. The van der Waals surface area contributed by atoms with Gasteiger partial charge in [-0.1, -0.05) is 12.1 Å². The van der Waals surface area contributed by atoms with Crippen LogP contribution in [0.3, 0.4) is 0 Å². The van der Waals surface area contributed by atoms with E-state index in [9.17, 15) is 17.4 Å². The van der Waals surface area contributed by atoms with E-state index in [0.29, 0.717) is 10.6 Å². The average molecular weight is 251 g/mol. The lowest BCUT2D eigenvalue weighted by molar-refractivity contribution is -0.134. The van der Waals surface area contributed by atoms with Crippen LogP contribution in [-0.2, 0) is 10.8 Å². The van der Waals surface area contributed by atoms with E-state index >= 15 is 0 Å². The molecule has 1 rings (SSSR count). The lowest BCUT2D eigenvalue weighted by Crippen LogP contribution is -2.10. The van der Waals surface area contributed by atoms with Crippen LogP contribution in [-0.4, -0.2) is 16.1 Å². The number of nitrogens with two attached hydrogens (primary N) is 1. The number of hydrogen-bond donors (Lipinski definition) is 1. The minimum Gasteiger partial charge on any atom is -0.398 e. The van der Waals surface area contributed by atoms with Gasteiger partial charge < -0.3 is 5.73 Å². The summed E-state index contributed by atoms with van der Waals surface area (Å²) in [5.74, 6) is -0.0201. The Bertz CT molecular complexity index is 379. The Morgan fingerprint density at radius 2 is 1.88 bits per heavy atom. The zero-order valence-electron chi connectivity index (χ0n) is 8.46. The van der Waals surface area contributed by atoms with Crippen molar-refractivity contribution in [3.8, 4) is 0 Å². The summed E-state index contributed by atoms with van der Waals surface area (Å²) in [6.45, 7) is 0. The lowest BCUT2D eigenvalue weighted by Gasteiger charge is -2.07. The molecule has 0 heterocycles. The summed E-state index contributed by atoms with van der Waals surface area (Å²) in [5.41, 5.74) is 5.92. The summed E-state index contributed by atoms with van der Waals surface area (Å²) in [6, 6.07) is 6.50. The van der Waals surface area contributed by atoms with Gasteiger partial charge in [0.05, 0.1) is 15.7 Å². The molecule has 16 heavy (non-hydrogen) atoms. The fraction of sp³-hybridized carbons (Fsp3) is 0.400. The lowest BCUT2D eigenvalue weighted by atomic mass is 10.3. The molecule has 0 saturated carbocycles. The smallest absolute Gasteiger partial charge is 0.389 e. The second-order valence-corrected chi connectivity index (χ2v) is 4.85. The van der Waals surface area contributed by atoms with Crippen LogP contribution in [0, 0.1) is 0 Å². The zero-order valence-corrected chi connectivity index (χ0v) is 9.27. The van der Waals surface area contributed by atoms with Crippen LogP contribution in [0.2, 0.25) is 0 Å². The molecule has 0 spiro atoms. The Labute approximate surface area is 94.1 Å². The van der Waals surface area contributed by atoms with Gasteiger partial charge in [-0.25, -0.2) is 0 Å². The molecule has 0 aliphatic heterocycles. The first kappa shape index (κ1) is 13.0. The molecule has 0 amide bonds. The van der Waals surface area contributed by atoms with Crippen molar-refractivity contribution in [2.45, 2.75) is 23.9 Å². The maximum atomic E-state index is 11.9. The van der Waals surface area contributed by atoms with Crippen LogP contribution >= 0.6 is 0 Å². The molecule has 1 atom stereocenters. The van der Waals surface area contributed by atoms with E-state index < -0.39 is 23.4 Å². The number of nitrogen functional groups attached to an aromatic ring is 1. The summed E-state index contributed by atoms with van der Waals surface area (Å²) in [7, 11) is -1.45. The Morgan fingerprint density at radius 1 is 1.25 bits per heavy atom. The predicted molar refractivity (Wildman–Crippen MR) is 57.4 cm³/mol. The van der Waals surface area contributed by atoms with Crippen LogP contribution in [0.15, 0.2) is 29.2 Å². The standard InChI is InChI=1S/C10H12F3NOS/c11-10(12,13)6-3-7-16(15)9-5-2-1-4-8(9)14/h1-2,4-5H,3,6-7,14H2. The van der Waals surface area contributed by atoms with Gasteiger partial charge in [0.1, 0.15) is 0 Å². The maximum Gasteiger partial charge on any atom is 0.389 e. The quantitative estimate of drug-likeness (QED) is 0.836. The molecule has 2 N–H and O–H groups in total. The summed E-state index contributed by atoms with van der Waals surface area (Å²) in [6.07, 6.45) is -5.25. The van der Waals surface area contributed by atoms with Crippen LogP contribution < -0.4 is 5.73 Å². The Balaban J connectivity index is 2.51. The number of rotatable bonds is 4. The van der Waals surface area contributed by atoms with Gasteiger partial charge in [-0.15, -0.1) is 0 Å². The Morgan fingerprint density at radius 3 is 2.44 bits per heavy atom. The first-order valence-corrected chi connectivity index (χ1v) is 6.01. The molecule has 0 fully saturated rings. The minimum atomic E-state index is -4.19. The third kappa shape index (κ3) is 4.22. The molecule has 90 valence electrons. The summed E-state index contributed by atoms with van der Waals surface area (Å²) >= 11 is 0. The molecule has 0 aliphatic carbocycles. The zero-order chi connectivity index (χ0) is 12.2. The fourth-order valence-electron chi connectivity index (χ4n) is 1.20. The summed E-state index contributed by atoms with van der Waals surface area (Å²) in [4.78, 5) is 0.407. The van der Waals surface area contributed by atoms with E-state index in [1.54, 1.807) is 24.3 Å². The second kappa shape index (κ2) is 5.34. The number of hydrogen-bond acceptors (Lipinski definition) is 2. The number of halogens is 3. The molecule has 1 aromatic carbocycles. The van der Waals surface area contributed by atoms with Gasteiger partial charge >= 0.3 is 6.18 Å². The van der Waals surface area contributed by atoms with Crippen LogP contribution in [0.25, 0.3) is 0 Å². The Kier molecular flexibility index (Phi) is 4.35. The highest BCUT2D eigenvalue weighted by molar-refractivity contribution is 7.85. The van der Waals surface area contributed by atoms with Crippen molar-refractivity contribution >= 4 is 16.5 Å². The van der Waals surface area contributed by atoms with Crippen molar-refractivity contribution in [1.82, 2.24) is 0 Å². The molecule has 0 saturated heterocycles. The van der Waals surface area contributed by atoms with Gasteiger partial charge in [0.2, 0.25) is 0 Å². The van der Waals surface area contributed by atoms with Crippen LogP contribution in [0.5, 0.6) is 0 Å². The Hall–Kier alpha value is -1.04. The highest BCUT2D eigenvalue weighted by Gasteiger charge is 2.26. The second-order valence-electron chi connectivity index (χ2n) is 3.31. The molecule has 0 radical (unpaired) electrons. The normalized spacial score (nSPS) is 13.7. The fourth-order valence-corrected chi connectivity index (χ4v) is 2.39. The van der Waals surface area contributed by atoms with Crippen molar-refractivity contribution in [3.05, 3.63) is 24.3 Å². The largest absolute Gasteiger partial charge is 0.398 e. The van der Waals surface area contributed by atoms with Crippen molar-refractivity contribution in [2.24, 2.45) is 0 Å². The van der Waals surface area contributed by atoms with Crippen LogP contribution in [0.1, 0.15) is 12.8 Å². The minimum absolute atomic E-state index is 0.0201. The van der Waals surface area contributed by atoms with Crippen molar-refractivity contribution in [3.63, 3.8) is 0 Å². The molecular weight excluding hydrogens is 239 g/mol. The maximum absolute atomic E-state index is 11.9. The molecule has 1 aromatic rings. The average Bonchev–Trinajstić information content (AvgIpc) is 2.16. The molecule has 0 bridgehead atoms. The van der Waals surface area contributed by atoms with E-state index in [2.05, 4.69) is 0 Å². The molecular formula is C10H12F3NOS. The first-order valence-electron chi connectivity index (χ1n) is 4.70. The molecule has 0 aliphatic rings. The van der Waals surface area contributed by atoms with Gasteiger partial charge in [-0.2, -0.15) is 13.2 Å². The highest BCUT2D eigenvalue weighted by Crippen LogP contribution is 2.23.